The molecule has 0 N–H and O–H groups in total. The Balaban J connectivity index is 0.00000490. The summed E-state index contributed by atoms with van der Waals surface area (Å²) < 4.78 is 27.4. The van der Waals surface area contributed by atoms with E-state index in [2.05, 4.69) is 164 Å². The van der Waals surface area contributed by atoms with Gasteiger partial charge in [-0.3, -0.25) is 0 Å². The minimum atomic E-state index is -2.32. The van der Waals surface area contributed by atoms with Crippen molar-refractivity contribution >= 4 is 55.9 Å². The molecule has 1 aliphatic heterocycles. The standard InChI is InChI=1S/C53H43N5.Pt/c1-53(2,3)39-31-32-54-51(33-39)58-47-26-12-11-23-45(47)46-30-29-42(35-50(46)58)57(41-22-15-21-40(34-41)56-36-55(4)48-27-13-14-28-49(48)56)52-43(37-17-7-5-8-18-37)24-16-25-44(52)38-19-9-6-10-20-38;/h5-33H,36H2,1-4H3;/q-2;+2/i4D3;. The predicted octanol–water partition coefficient (Wildman–Crippen LogP) is 13.4. The number of anilines is 6. The van der Waals surface area contributed by atoms with Crippen LogP contribution in [0, 0.1) is 12.1 Å². The van der Waals surface area contributed by atoms with E-state index in [-0.39, 0.29) is 33.1 Å². The third-order valence-corrected chi connectivity index (χ3v) is 11.1. The van der Waals surface area contributed by atoms with Gasteiger partial charge in [0.15, 0.2) is 0 Å². The molecule has 59 heavy (non-hydrogen) atoms. The quantitative estimate of drug-likeness (QED) is 0.149. The van der Waals surface area contributed by atoms with Gasteiger partial charge in [-0.05, 0) is 57.8 Å². The average Bonchev–Trinajstić information content (AvgIpc) is 3.84. The zero-order valence-corrected chi connectivity index (χ0v) is 35.3. The topological polar surface area (TPSA) is 27.5 Å². The Kier molecular flexibility index (Phi) is 9.03. The fourth-order valence-electron chi connectivity index (χ4n) is 8.27. The molecule has 2 aromatic heterocycles. The van der Waals surface area contributed by atoms with Gasteiger partial charge in [0.25, 0.3) is 0 Å². The van der Waals surface area contributed by atoms with Crippen molar-refractivity contribution in [3.63, 3.8) is 0 Å². The van der Waals surface area contributed by atoms with E-state index in [1.165, 1.54) is 10.5 Å². The molecular formula is C53H43N5Pt. The molecule has 0 saturated carbocycles. The normalized spacial score (nSPS) is 13.4. The number of fused-ring (bicyclic) bond motifs is 4. The van der Waals surface area contributed by atoms with Crippen molar-refractivity contribution < 1.29 is 25.2 Å². The van der Waals surface area contributed by atoms with Crippen LogP contribution in [-0.2, 0) is 26.5 Å². The van der Waals surface area contributed by atoms with Crippen LogP contribution >= 0.6 is 0 Å². The van der Waals surface area contributed by atoms with Crippen LogP contribution in [-0.4, -0.2) is 23.2 Å². The van der Waals surface area contributed by atoms with Crippen LogP contribution < -0.4 is 14.7 Å². The van der Waals surface area contributed by atoms with Crippen molar-refractivity contribution in [3.8, 4) is 28.1 Å². The Morgan fingerprint density at radius 2 is 1.27 bits per heavy atom. The van der Waals surface area contributed by atoms with E-state index in [1.807, 2.05) is 59.6 Å². The third-order valence-electron chi connectivity index (χ3n) is 11.1. The van der Waals surface area contributed by atoms with Gasteiger partial charge < -0.3 is 19.3 Å². The number of aromatic nitrogens is 2. The molecule has 0 atom stereocenters. The Hall–Kier alpha value is -6.42. The Labute approximate surface area is 365 Å². The van der Waals surface area contributed by atoms with Gasteiger partial charge in [0.1, 0.15) is 5.82 Å². The Morgan fingerprint density at radius 3 is 1.98 bits per heavy atom. The first kappa shape index (κ1) is 34.6. The van der Waals surface area contributed by atoms with E-state index in [0.717, 1.165) is 78.3 Å². The summed E-state index contributed by atoms with van der Waals surface area (Å²) in [6, 6.07) is 66.1. The van der Waals surface area contributed by atoms with Gasteiger partial charge in [-0.2, -0.15) is 12.1 Å². The molecular weight excluding hydrogens is 902 g/mol. The fraction of sp³-hybridized carbons (Fsp3) is 0.113. The maximum absolute atomic E-state index is 8.39. The molecule has 0 amide bonds. The molecule has 0 unspecified atom stereocenters. The van der Waals surface area contributed by atoms with Crippen LogP contribution in [0.2, 0.25) is 0 Å². The van der Waals surface area contributed by atoms with Crippen molar-refractivity contribution in [3.05, 3.63) is 194 Å². The van der Waals surface area contributed by atoms with Gasteiger partial charge in [-0.1, -0.05) is 153 Å². The zero-order valence-electron chi connectivity index (χ0n) is 36.0. The summed E-state index contributed by atoms with van der Waals surface area (Å²) in [6.45, 7) is 4.50. The van der Waals surface area contributed by atoms with Gasteiger partial charge in [0, 0.05) is 33.9 Å². The first-order valence-corrected chi connectivity index (χ1v) is 19.7. The van der Waals surface area contributed by atoms with E-state index in [4.69, 9.17) is 9.10 Å². The minimum Gasteiger partial charge on any atom is -0.357 e. The molecule has 0 fully saturated rings. The summed E-state index contributed by atoms with van der Waals surface area (Å²) in [5, 5.41) is 2.18. The second kappa shape index (κ2) is 15.4. The van der Waals surface area contributed by atoms with Gasteiger partial charge in [-0.25, -0.2) is 4.98 Å². The van der Waals surface area contributed by atoms with Crippen molar-refractivity contribution in [2.75, 3.05) is 28.3 Å². The number of benzene rings is 7. The van der Waals surface area contributed by atoms with Crippen molar-refractivity contribution in [2.45, 2.75) is 26.2 Å². The van der Waals surface area contributed by atoms with Crippen molar-refractivity contribution in [1.29, 1.82) is 0 Å². The van der Waals surface area contributed by atoms with Crippen LogP contribution in [0.4, 0.5) is 34.1 Å². The monoisotopic (exact) mass is 947 g/mol. The van der Waals surface area contributed by atoms with Crippen LogP contribution in [0.25, 0.3) is 49.9 Å². The van der Waals surface area contributed by atoms with Crippen LogP contribution in [0.15, 0.2) is 176 Å². The van der Waals surface area contributed by atoms with E-state index in [0.29, 0.717) is 5.69 Å². The van der Waals surface area contributed by atoms with Crippen molar-refractivity contribution in [1.82, 2.24) is 9.55 Å². The fourth-order valence-corrected chi connectivity index (χ4v) is 8.27. The second-order valence-electron chi connectivity index (χ2n) is 15.8. The number of pyridine rings is 1. The van der Waals surface area contributed by atoms with Crippen LogP contribution in [0.3, 0.4) is 0 Å². The number of hydrogen-bond donors (Lipinski definition) is 0. The summed E-state index contributed by atoms with van der Waals surface area (Å²) in [7, 11) is 0. The molecule has 6 heteroatoms. The van der Waals surface area contributed by atoms with Crippen LogP contribution in [0.5, 0.6) is 0 Å². The molecule has 290 valence electrons. The first-order valence-electron chi connectivity index (χ1n) is 21.2. The third kappa shape index (κ3) is 6.80. The maximum Gasteiger partial charge on any atom is 2.00 e. The van der Waals surface area contributed by atoms with Gasteiger partial charge in [-0.15, -0.1) is 35.7 Å². The number of hydrogen-bond acceptors (Lipinski definition) is 4. The summed E-state index contributed by atoms with van der Waals surface area (Å²) in [6.07, 6.45) is 1.90. The molecule has 0 saturated heterocycles. The zero-order chi connectivity index (χ0) is 41.9. The Bertz CT molecular complexity index is 3010. The molecule has 0 spiro atoms. The molecule has 7 aromatic carbocycles. The second-order valence-corrected chi connectivity index (χ2v) is 15.8. The molecule has 10 rings (SSSR count). The number of rotatable bonds is 7. The summed E-state index contributed by atoms with van der Waals surface area (Å²) in [5.74, 6) is 0.827. The summed E-state index contributed by atoms with van der Waals surface area (Å²) in [5.41, 5.74) is 12.0. The SMILES string of the molecule is [2H]C([2H])([2H])N1CN(c2[c-]c(N(c3[c-]c4c(cc3)c3ccccc3n4-c3cc(C(C)(C)C)ccn3)c3c(-c4ccccc4)cccc3-c3ccccc3)ccc2)c2ccccc21.[Pt+2]. The molecule has 1 aliphatic rings. The molecule has 3 heterocycles. The smallest absolute Gasteiger partial charge is 0.357 e. The molecule has 0 radical (unpaired) electrons. The predicted molar refractivity (Wildman–Crippen MR) is 242 cm³/mol. The Morgan fingerprint density at radius 1 is 0.627 bits per heavy atom. The maximum atomic E-state index is 8.39. The van der Waals surface area contributed by atoms with Crippen molar-refractivity contribution in [2.24, 2.45) is 0 Å². The summed E-state index contributed by atoms with van der Waals surface area (Å²) in [4.78, 5) is 10.7. The van der Waals surface area contributed by atoms with Gasteiger partial charge in [0.05, 0.1) is 23.7 Å². The van der Waals surface area contributed by atoms with Crippen LogP contribution in [0.1, 0.15) is 30.4 Å². The molecule has 0 bridgehead atoms. The van der Waals surface area contributed by atoms with E-state index in [9.17, 15) is 0 Å². The molecule has 0 aliphatic carbocycles. The van der Waals surface area contributed by atoms with Gasteiger partial charge in [0.2, 0.25) is 0 Å². The molecule has 9 aromatic rings. The average molecular weight is 948 g/mol. The minimum absolute atomic E-state index is 0. The molecule has 5 nitrogen and oxygen atoms in total. The number of para-hydroxylation sites is 4. The van der Waals surface area contributed by atoms with Gasteiger partial charge >= 0.3 is 21.1 Å². The number of nitrogens with zero attached hydrogens (tertiary/aromatic N) is 5. The summed E-state index contributed by atoms with van der Waals surface area (Å²) >= 11 is 0. The van der Waals surface area contributed by atoms with E-state index >= 15 is 0 Å². The first-order chi connectivity index (χ1) is 29.5. The van der Waals surface area contributed by atoms with E-state index in [1.54, 1.807) is 0 Å². The largest absolute Gasteiger partial charge is 2.00 e. The van der Waals surface area contributed by atoms with E-state index < -0.39 is 6.98 Å².